The van der Waals surface area contributed by atoms with Crippen LogP contribution in [0, 0.1) is 0 Å². The Bertz CT molecular complexity index is 652. The normalized spacial score (nSPS) is 12.1. The first-order chi connectivity index (χ1) is 13.8. The summed E-state index contributed by atoms with van der Waals surface area (Å²) >= 11 is 1.72. The number of unbranched alkanes of at least 4 members (excludes halogenated alkanes) is 9. The van der Waals surface area contributed by atoms with Crippen LogP contribution in [0.15, 0.2) is 35.8 Å². The molecule has 0 aliphatic rings. The van der Waals surface area contributed by atoms with Gasteiger partial charge in [-0.05, 0) is 24.1 Å². The van der Waals surface area contributed by atoms with Crippen LogP contribution in [0.25, 0.3) is 0 Å². The topological polar surface area (TPSA) is 39.2 Å². The number of nitrogens with zero attached hydrogens (tertiary/aromatic N) is 1. The number of aromatic nitrogens is 1. The van der Waals surface area contributed by atoms with Gasteiger partial charge < -0.3 is 4.74 Å². The molecule has 0 saturated carbocycles. The highest BCUT2D eigenvalue weighted by Crippen LogP contribution is 2.31. The van der Waals surface area contributed by atoms with Gasteiger partial charge in [-0.25, -0.2) is 9.78 Å². The van der Waals surface area contributed by atoms with Crippen molar-refractivity contribution < 1.29 is 9.53 Å². The summed E-state index contributed by atoms with van der Waals surface area (Å²) in [6, 6.07) is 7.82. The quantitative estimate of drug-likeness (QED) is 0.245. The highest BCUT2D eigenvalue weighted by atomic mass is 32.1. The van der Waals surface area contributed by atoms with Crippen LogP contribution in [-0.2, 0) is 4.74 Å². The van der Waals surface area contributed by atoms with Crippen LogP contribution in [0.4, 0.5) is 0 Å². The number of thiazole rings is 1. The Kier molecular flexibility index (Phi) is 10.9. The third-order valence-electron chi connectivity index (χ3n) is 5.33. The van der Waals surface area contributed by atoms with E-state index < -0.39 is 0 Å². The molecule has 1 aromatic carbocycles. The number of hydrogen-bond donors (Lipinski definition) is 0. The van der Waals surface area contributed by atoms with Crippen molar-refractivity contribution in [2.24, 2.45) is 0 Å². The Morgan fingerprint density at radius 3 is 2.11 bits per heavy atom. The molecule has 0 N–H and O–H groups in total. The van der Waals surface area contributed by atoms with Gasteiger partial charge in [0.1, 0.15) is 0 Å². The summed E-state index contributed by atoms with van der Waals surface area (Å²) < 4.78 is 4.80. The summed E-state index contributed by atoms with van der Waals surface area (Å²) in [7, 11) is 1.42. The lowest BCUT2D eigenvalue weighted by atomic mass is 9.92. The van der Waals surface area contributed by atoms with Crippen molar-refractivity contribution in [3.05, 3.63) is 52.0 Å². The van der Waals surface area contributed by atoms with E-state index in [1.54, 1.807) is 11.3 Å². The van der Waals surface area contributed by atoms with Gasteiger partial charge in [-0.15, -0.1) is 11.3 Å². The van der Waals surface area contributed by atoms with Crippen LogP contribution in [0.2, 0.25) is 0 Å². The molecule has 154 valence electrons. The van der Waals surface area contributed by atoms with Crippen molar-refractivity contribution in [2.45, 2.75) is 83.5 Å². The van der Waals surface area contributed by atoms with Gasteiger partial charge in [0, 0.05) is 17.5 Å². The molecule has 2 rings (SSSR count). The maximum atomic E-state index is 11.7. The van der Waals surface area contributed by atoms with Crippen LogP contribution >= 0.6 is 11.3 Å². The van der Waals surface area contributed by atoms with Gasteiger partial charge in [0.25, 0.3) is 0 Å². The zero-order valence-corrected chi connectivity index (χ0v) is 18.3. The molecule has 3 nitrogen and oxygen atoms in total. The third-order valence-corrected chi connectivity index (χ3v) is 6.22. The fourth-order valence-electron chi connectivity index (χ4n) is 3.64. The van der Waals surface area contributed by atoms with E-state index in [9.17, 15) is 4.79 Å². The molecule has 28 heavy (non-hydrogen) atoms. The van der Waals surface area contributed by atoms with Gasteiger partial charge in [0.15, 0.2) is 0 Å². The zero-order valence-electron chi connectivity index (χ0n) is 17.5. The van der Waals surface area contributed by atoms with Gasteiger partial charge in [-0.1, -0.05) is 83.3 Å². The molecule has 0 bridgehead atoms. The minimum Gasteiger partial charge on any atom is -0.465 e. The summed E-state index contributed by atoms with van der Waals surface area (Å²) in [5.41, 5.74) is 1.83. The lowest BCUT2D eigenvalue weighted by Crippen LogP contribution is -2.04. The maximum absolute atomic E-state index is 11.7. The number of methoxy groups -OCH3 is 1. The molecule has 0 amide bonds. The van der Waals surface area contributed by atoms with Gasteiger partial charge in [0.05, 0.1) is 17.7 Å². The second kappa shape index (κ2) is 13.5. The van der Waals surface area contributed by atoms with Gasteiger partial charge in [-0.3, -0.25) is 0 Å². The fraction of sp³-hybridized carbons (Fsp3) is 0.583. The fourth-order valence-corrected chi connectivity index (χ4v) is 4.45. The molecule has 1 atom stereocenters. The lowest BCUT2D eigenvalue weighted by molar-refractivity contribution is 0.0600. The first kappa shape index (κ1) is 22.6. The minimum absolute atomic E-state index is 0.285. The van der Waals surface area contributed by atoms with Crippen LogP contribution < -0.4 is 0 Å². The standard InChI is InChI=1S/C24H35NO2S/c1-3-4-5-6-7-8-9-10-11-12-13-22(23-25-18-19-28-23)20-14-16-21(17-15-20)24(26)27-2/h14-19,22H,3-13H2,1-2H3. The van der Waals surface area contributed by atoms with Crippen LogP contribution in [0.1, 0.15) is 104 Å². The Labute approximate surface area is 174 Å². The van der Waals surface area contributed by atoms with Crippen LogP contribution in [-0.4, -0.2) is 18.1 Å². The third kappa shape index (κ3) is 7.75. The van der Waals surface area contributed by atoms with Crippen molar-refractivity contribution in [3.63, 3.8) is 0 Å². The predicted molar refractivity (Wildman–Crippen MR) is 118 cm³/mol. The summed E-state index contributed by atoms with van der Waals surface area (Å²) in [6.45, 7) is 2.27. The van der Waals surface area contributed by atoms with E-state index in [1.165, 1.54) is 81.9 Å². The highest BCUT2D eigenvalue weighted by Gasteiger charge is 2.17. The Hall–Kier alpha value is -1.68. The molecule has 0 aliphatic heterocycles. The summed E-state index contributed by atoms with van der Waals surface area (Å²) in [5, 5.41) is 3.21. The molecule has 0 spiro atoms. The highest BCUT2D eigenvalue weighted by molar-refractivity contribution is 7.09. The monoisotopic (exact) mass is 401 g/mol. The molecule has 1 unspecified atom stereocenters. The number of hydrogen-bond acceptors (Lipinski definition) is 4. The average molecular weight is 402 g/mol. The van der Waals surface area contributed by atoms with Crippen molar-refractivity contribution in [1.29, 1.82) is 0 Å². The van der Waals surface area contributed by atoms with Crippen LogP contribution in [0.5, 0.6) is 0 Å². The summed E-state index contributed by atoms with van der Waals surface area (Å²) in [5.74, 6) is 0.0350. The molecule has 0 fully saturated rings. The smallest absolute Gasteiger partial charge is 0.337 e. The van der Waals surface area contributed by atoms with Crippen LogP contribution in [0.3, 0.4) is 0 Å². The number of carbonyl (C=O) groups excluding carboxylic acids is 1. The lowest BCUT2D eigenvalue weighted by Gasteiger charge is -2.15. The molecule has 0 aliphatic carbocycles. The number of rotatable bonds is 14. The van der Waals surface area contributed by atoms with Gasteiger partial charge in [-0.2, -0.15) is 0 Å². The number of esters is 1. The van der Waals surface area contributed by atoms with Gasteiger partial charge in [0.2, 0.25) is 0 Å². The second-order valence-corrected chi connectivity index (χ2v) is 8.43. The predicted octanol–water partition coefficient (Wildman–Crippen LogP) is 7.37. The Morgan fingerprint density at radius 2 is 1.57 bits per heavy atom. The molecular weight excluding hydrogens is 366 g/mol. The van der Waals surface area contributed by atoms with E-state index in [1.807, 2.05) is 23.7 Å². The van der Waals surface area contributed by atoms with E-state index in [4.69, 9.17) is 4.74 Å². The Balaban J connectivity index is 1.77. The molecule has 1 heterocycles. The van der Waals surface area contributed by atoms with Crippen molar-refractivity contribution in [2.75, 3.05) is 7.11 Å². The SMILES string of the molecule is CCCCCCCCCCCCC(c1ccc(C(=O)OC)cc1)c1nccs1. The number of carbonyl (C=O) groups is 1. The van der Waals surface area contributed by atoms with Gasteiger partial charge >= 0.3 is 5.97 Å². The molecule has 1 aromatic heterocycles. The number of ether oxygens (including phenoxy) is 1. The summed E-state index contributed by atoms with van der Waals surface area (Å²) in [4.78, 5) is 16.2. The van der Waals surface area contributed by atoms with E-state index in [0.29, 0.717) is 11.5 Å². The molecule has 0 radical (unpaired) electrons. The largest absolute Gasteiger partial charge is 0.465 e. The second-order valence-electron chi connectivity index (χ2n) is 7.51. The zero-order chi connectivity index (χ0) is 20.0. The minimum atomic E-state index is -0.285. The summed E-state index contributed by atoms with van der Waals surface area (Å²) in [6.07, 6.45) is 16.5. The molecule has 2 aromatic rings. The van der Waals surface area contributed by atoms with E-state index in [-0.39, 0.29) is 5.97 Å². The van der Waals surface area contributed by atoms with Crippen molar-refractivity contribution >= 4 is 17.3 Å². The molecular formula is C24H35NO2S. The first-order valence-electron chi connectivity index (χ1n) is 10.8. The maximum Gasteiger partial charge on any atom is 0.337 e. The van der Waals surface area contributed by atoms with Crippen molar-refractivity contribution in [3.8, 4) is 0 Å². The Morgan fingerprint density at radius 1 is 0.964 bits per heavy atom. The molecule has 0 saturated heterocycles. The van der Waals surface area contributed by atoms with Crippen molar-refractivity contribution in [1.82, 2.24) is 4.98 Å². The van der Waals surface area contributed by atoms with E-state index >= 15 is 0 Å². The average Bonchev–Trinajstić information content (AvgIpc) is 3.26. The van der Waals surface area contributed by atoms with E-state index in [2.05, 4.69) is 24.0 Å². The number of benzene rings is 1. The first-order valence-corrected chi connectivity index (χ1v) is 11.7. The molecule has 4 heteroatoms. The van der Waals surface area contributed by atoms with E-state index in [0.717, 1.165) is 6.42 Å².